The van der Waals surface area contributed by atoms with Gasteiger partial charge in [-0.2, -0.15) is 0 Å². The van der Waals surface area contributed by atoms with Crippen LogP contribution in [-0.4, -0.2) is 7.11 Å². The number of hydrogen-bond donors (Lipinski definition) is 0. The number of alkyl halides is 1. The van der Waals surface area contributed by atoms with Crippen LogP contribution in [0.25, 0.3) is 0 Å². The molecule has 0 aromatic heterocycles. The first-order valence-electron chi connectivity index (χ1n) is 5.94. The summed E-state index contributed by atoms with van der Waals surface area (Å²) in [6, 6.07) is 11.5. The van der Waals surface area contributed by atoms with Crippen molar-refractivity contribution in [2.75, 3.05) is 7.11 Å². The van der Waals surface area contributed by atoms with E-state index in [1.165, 1.54) is 0 Å². The van der Waals surface area contributed by atoms with Crippen LogP contribution in [0.5, 0.6) is 11.5 Å². The Bertz CT molecular complexity index is 602. The van der Waals surface area contributed by atoms with Gasteiger partial charge in [-0.05, 0) is 23.8 Å². The molecule has 20 heavy (non-hydrogen) atoms. The lowest BCUT2D eigenvalue weighted by atomic mass is 10.2. The van der Waals surface area contributed by atoms with Crippen molar-refractivity contribution < 1.29 is 9.47 Å². The Morgan fingerprint density at radius 3 is 2.60 bits per heavy atom. The molecule has 0 atom stereocenters. The maximum Gasteiger partial charge on any atom is 0.180 e. The average molecular weight is 376 g/mol. The lowest BCUT2D eigenvalue weighted by Crippen LogP contribution is -2.00. The van der Waals surface area contributed by atoms with E-state index in [0.29, 0.717) is 29.0 Å². The second-order valence-corrected chi connectivity index (χ2v) is 5.65. The summed E-state index contributed by atoms with van der Waals surface area (Å²) in [6.45, 7) is 0.401. The Kier molecular flexibility index (Phi) is 5.58. The molecule has 0 aliphatic carbocycles. The molecule has 0 fully saturated rings. The van der Waals surface area contributed by atoms with Crippen molar-refractivity contribution in [3.8, 4) is 11.5 Å². The van der Waals surface area contributed by atoms with Gasteiger partial charge in [-0.25, -0.2) is 0 Å². The molecule has 0 bridgehead atoms. The molecule has 106 valence electrons. The maximum absolute atomic E-state index is 6.22. The van der Waals surface area contributed by atoms with Gasteiger partial charge < -0.3 is 9.47 Å². The zero-order chi connectivity index (χ0) is 14.5. The summed E-state index contributed by atoms with van der Waals surface area (Å²) in [5.41, 5.74) is 1.92. The molecule has 0 saturated heterocycles. The minimum atomic E-state index is 0.376. The average Bonchev–Trinajstić information content (AvgIpc) is 2.46. The first kappa shape index (κ1) is 15.5. The molecule has 2 nitrogen and oxygen atoms in total. The zero-order valence-electron chi connectivity index (χ0n) is 10.8. The number of halogens is 3. The number of hydrogen-bond acceptors (Lipinski definition) is 2. The van der Waals surface area contributed by atoms with E-state index < -0.39 is 0 Å². The molecule has 0 spiro atoms. The van der Waals surface area contributed by atoms with Gasteiger partial charge in [0, 0.05) is 15.9 Å². The second-order valence-electron chi connectivity index (χ2n) is 4.12. The van der Waals surface area contributed by atoms with Gasteiger partial charge in [0.15, 0.2) is 11.5 Å². The van der Waals surface area contributed by atoms with Gasteiger partial charge in [0.1, 0.15) is 6.61 Å². The Morgan fingerprint density at radius 1 is 1.20 bits per heavy atom. The molecule has 0 amide bonds. The van der Waals surface area contributed by atoms with Crippen LogP contribution in [0.15, 0.2) is 40.9 Å². The first-order valence-corrected chi connectivity index (χ1v) is 7.65. The van der Waals surface area contributed by atoms with Crippen molar-refractivity contribution in [2.45, 2.75) is 12.5 Å². The molecule has 0 radical (unpaired) electrons. The Balaban J connectivity index is 2.23. The van der Waals surface area contributed by atoms with Crippen LogP contribution in [-0.2, 0) is 12.5 Å². The lowest BCUT2D eigenvalue weighted by Gasteiger charge is -2.14. The highest BCUT2D eigenvalue weighted by atomic mass is 79.9. The lowest BCUT2D eigenvalue weighted by molar-refractivity contribution is 0.284. The maximum atomic E-state index is 6.22. The predicted molar refractivity (Wildman–Crippen MR) is 86.0 cm³/mol. The highest BCUT2D eigenvalue weighted by Crippen LogP contribution is 2.37. The van der Waals surface area contributed by atoms with E-state index in [-0.39, 0.29) is 0 Å². The highest BCUT2D eigenvalue weighted by Gasteiger charge is 2.12. The quantitative estimate of drug-likeness (QED) is 0.648. The molecule has 2 rings (SSSR count). The minimum absolute atomic E-state index is 0.376. The van der Waals surface area contributed by atoms with Crippen molar-refractivity contribution in [1.82, 2.24) is 0 Å². The van der Waals surface area contributed by atoms with Crippen LogP contribution in [0.2, 0.25) is 5.02 Å². The molecule has 0 aliphatic rings. The molecule has 0 saturated carbocycles. The molecule has 0 heterocycles. The van der Waals surface area contributed by atoms with Crippen LogP contribution >= 0.6 is 39.1 Å². The fourth-order valence-corrected chi connectivity index (χ4v) is 2.60. The van der Waals surface area contributed by atoms with Crippen molar-refractivity contribution >= 4 is 39.1 Å². The molecule has 0 N–H and O–H groups in total. The fourth-order valence-electron chi connectivity index (χ4n) is 1.76. The Labute approximate surface area is 136 Å². The molecule has 5 heteroatoms. The van der Waals surface area contributed by atoms with E-state index in [9.17, 15) is 0 Å². The Morgan fingerprint density at radius 2 is 1.95 bits per heavy atom. The third kappa shape index (κ3) is 3.60. The highest BCUT2D eigenvalue weighted by molar-refractivity contribution is 9.10. The van der Waals surface area contributed by atoms with E-state index in [4.69, 9.17) is 32.7 Å². The van der Waals surface area contributed by atoms with Crippen LogP contribution in [0.3, 0.4) is 0 Å². The van der Waals surface area contributed by atoms with E-state index in [0.717, 1.165) is 15.6 Å². The normalized spacial score (nSPS) is 10.4. The third-order valence-corrected chi connectivity index (χ3v) is 4.14. The topological polar surface area (TPSA) is 18.5 Å². The predicted octanol–water partition coefficient (Wildman–Crippen LogP) is 5.43. The summed E-state index contributed by atoms with van der Waals surface area (Å²) in [5.74, 6) is 1.49. The minimum Gasteiger partial charge on any atom is -0.493 e. The monoisotopic (exact) mass is 374 g/mol. The molecule has 0 unspecified atom stereocenters. The summed E-state index contributed by atoms with van der Waals surface area (Å²) in [4.78, 5) is 0. The van der Waals surface area contributed by atoms with Gasteiger partial charge in [0.05, 0.1) is 12.1 Å². The summed E-state index contributed by atoms with van der Waals surface area (Å²) < 4.78 is 12.1. The van der Waals surface area contributed by atoms with Crippen LogP contribution < -0.4 is 9.47 Å². The van der Waals surface area contributed by atoms with Crippen molar-refractivity contribution in [3.63, 3.8) is 0 Å². The SMILES string of the molecule is COc1cc(CCl)cc(Cl)c1OCc1ccccc1Br. The van der Waals surface area contributed by atoms with E-state index in [1.54, 1.807) is 13.2 Å². The molecule has 2 aromatic carbocycles. The number of methoxy groups -OCH3 is 1. The second kappa shape index (κ2) is 7.21. The number of ether oxygens (including phenoxy) is 2. The number of rotatable bonds is 5. The summed E-state index contributed by atoms with van der Waals surface area (Å²) in [6.07, 6.45) is 0. The van der Waals surface area contributed by atoms with Crippen LogP contribution in [0.4, 0.5) is 0 Å². The van der Waals surface area contributed by atoms with Gasteiger partial charge in [-0.3, -0.25) is 0 Å². The van der Waals surface area contributed by atoms with E-state index in [2.05, 4.69) is 15.9 Å². The first-order chi connectivity index (χ1) is 9.65. The summed E-state index contributed by atoms with van der Waals surface area (Å²) >= 11 is 15.5. The van der Waals surface area contributed by atoms with Crippen molar-refractivity contribution in [1.29, 1.82) is 0 Å². The van der Waals surface area contributed by atoms with Gasteiger partial charge in [0.25, 0.3) is 0 Å². The largest absolute Gasteiger partial charge is 0.493 e. The van der Waals surface area contributed by atoms with Crippen molar-refractivity contribution in [2.24, 2.45) is 0 Å². The molecular formula is C15H13BrCl2O2. The van der Waals surface area contributed by atoms with E-state index in [1.807, 2.05) is 30.3 Å². The van der Waals surface area contributed by atoms with Crippen LogP contribution in [0, 0.1) is 0 Å². The fraction of sp³-hybridized carbons (Fsp3) is 0.200. The van der Waals surface area contributed by atoms with Gasteiger partial charge in [0.2, 0.25) is 0 Å². The third-order valence-electron chi connectivity index (χ3n) is 2.77. The molecular weight excluding hydrogens is 363 g/mol. The smallest absolute Gasteiger partial charge is 0.180 e. The van der Waals surface area contributed by atoms with Crippen LogP contribution in [0.1, 0.15) is 11.1 Å². The van der Waals surface area contributed by atoms with Crippen molar-refractivity contribution in [3.05, 3.63) is 57.0 Å². The van der Waals surface area contributed by atoms with Gasteiger partial charge in [-0.1, -0.05) is 45.7 Å². The number of benzene rings is 2. The zero-order valence-corrected chi connectivity index (χ0v) is 13.9. The molecule has 0 aliphatic heterocycles. The summed E-state index contributed by atoms with van der Waals surface area (Å²) in [5, 5.41) is 0.493. The summed E-state index contributed by atoms with van der Waals surface area (Å²) in [7, 11) is 1.58. The van der Waals surface area contributed by atoms with Gasteiger partial charge in [-0.15, -0.1) is 11.6 Å². The van der Waals surface area contributed by atoms with Gasteiger partial charge >= 0.3 is 0 Å². The van der Waals surface area contributed by atoms with E-state index >= 15 is 0 Å². The standard InChI is InChI=1S/C15H13BrCl2O2/c1-19-14-7-10(8-17)6-13(18)15(14)20-9-11-4-2-3-5-12(11)16/h2-7H,8-9H2,1H3. The Hall–Kier alpha value is -0.900. The molecule has 2 aromatic rings.